The van der Waals surface area contributed by atoms with Crippen LogP contribution in [0.1, 0.15) is 57.1 Å². The molecule has 0 unspecified atom stereocenters. The number of benzene rings is 6. The topological polar surface area (TPSA) is 198 Å². The van der Waals surface area contributed by atoms with Gasteiger partial charge >= 0.3 is 12.1 Å². The van der Waals surface area contributed by atoms with Gasteiger partial charge in [0.05, 0.1) is 35.7 Å². The molecule has 6 atom stereocenters. The van der Waals surface area contributed by atoms with E-state index in [-0.39, 0.29) is 42.4 Å². The van der Waals surface area contributed by atoms with Crippen molar-refractivity contribution >= 4 is 41.2 Å². The van der Waals surface area contributed by atoms with Gasteiger partial charge < -0.3 is 29.1 Å². The molecule has 17 heteroatoms. The van der Waals surface area contributed by atoms with Gasteiger partial charge in [0.25, 0.3) is 5.69 Å². The number of methoxy groups -OCH3 is 1. The molecule has 0 radical (unpaired) electrons. The molecule has 374 valence electrons. The number of non-ortho nitro benzene ring substituents is 1. The summed E-state index contributed by atoms with van der Waals surface area (Å²) in [6.45, 7) is 0.618. The molecule has 1 spiro atoms. The number of imide groups is 1. The molecule has 11 rings (SSSR count). The van der Waals surface area contributed by atoms with Crippen molar-refractivity contribution in [3.05, 3.63) is 219 Å². The molecule has 0 bridgehead atoms. The third-order valence-electron chi connectivity index (χ3n) is 14.5. The Hall–Kier alpha value is -9.40. The number of fused-ring (bicyclic) bond motifs is 3. The average Bonchev–Trinajstić information content (AvgIpc) is 4.01. The Balaban J connectivity index is 1.14. The number of hydrogen-bond donors (Lipinski definition) is 1. The van der Waals surface area contributed by atoms with Crippen LogP contribution in [0.15, 0.2) is 170 Å². The Bertz CT molecular complexity index is 3370. The summed E-state index contributed by atoms with van der Waals surface area (Å²) in [5, 5.41) is 22.3. The van der Waals surface area contributed by atoms with Gasteiger partial charge in [0.1, 0.15) is 35.7 Å². The summed E-state index contributed by atoms with van der Waals surface area (Å²) in [6.07, 6.45) is 1.23. The zero-order chi connectivity index (χ0) is 51.8. The van der Waals surface area contributed by atoms with Crippen LogP contribution in [0.3, 0.4) is 0 Å². The number of carbonyl (C=O) groups is 4. The first kappa shape index (κ1) is 47.9. The van der Waals surface area contributed by atoms with Gasteiger partial charge in [-0.25, -0.2) is 19.7 Å². The Kier molecular flexibility index (Phi) is 12.7. The summed E-state index contributed by atoms with van der Waals surface area (Å²) in [4.78, 5) is 89.9. The summed E-state index contributed by atoms with van der Waals surface area (Å²) in [7, 11) is 1.57. The second-order valence-corrected chi connectivity index (χ2v) is 18.5. The number of aromatic nitrogens is 2. The van der Waals surface area contributed by atoms with Crippen molar-refractivity contribution in [3.8, 4) is 23.3 Å². The van der Waals surface area contributed by atoms with Crippen LogP contribution in [0.5, 0.6) is 11.5 Å². The van der Waals surface area contributed by atoms with Gasteiger partial charge in [-0.2, -0.15) is 0 Å². The quantitative estimate of drug-likeness (QED) is 0.0635. The van der Waals surface area contributed by atoms with Crippen LogP contribution in [-0.2, 0) is 35.9 Å². The van der Waals surface area contributed by atoms with Gasteiger partial charge in [0.2, 0.25) is 17.8 Å². The lowest BCUT2D eigenvalue weighted by molar-refractivity contribution is -0.384. The van der Waals surface area contributed by atoms with E-state index in [0.29, 0.717) is 52.6 Å². The molecule has 0 aliphatic carbocycles. The van der Waals surface area contributed by atoms with Gasteiger partial charge in [-0.3, -0.25) is 29.4 Å². The van der Waals surface area contributed by atoms with Gasteiger partial charge in [-0.1, -0.05) is 84.6 Å². The number of phenols is 1. The predicted octanol–water partition coefficient (Wildman–Crippen LogP) is 7.85. The summed E-state index contributed by atoms with van der Waals surface area (Å²) >= 11 is 0. The molecule has 5 heterocycles. The number of esters is 1. The maximum Gasteiger partial charge on any atom is 0.421 e. The van der Waals surface area contributed by atoms with Gasteiger partial charge in [0, 0.05) is 61.8 Å². The number of anilines is 2. The Morgan fingerprint density at radius 3 is 2.05 bits per heavy atom. The van der Waals surface area contributed by atoms with Crippen molar-refractivity contribution in [3.63, 3.8) is 0 Å². The van der Waals surface area contributed by atoms with E-state index < -0.39 is 64.4 Å². The highest BCUT2D eigenvalue weighted by Crippen LogP contribution is 2.66. The van der Waals surface area contributed by atoms with E-state index in [1.165, 1.54) is 36.4 Å². The molecule has 3 amide bonds. The lowest BCUT2D eigenvalue weighted by atomic mass is 9.65. The van der Waals surface area contributed by atoms with Crippen molar-refractivity contribution in [1.82, 2.24) is 19.8 Å². The number of ether oxygens (including phenoxy) is 3. The number of piperazine rings is 1. The number of nitro groups is 1. The maximum atomic E-state index is 16.7. The van der Waals surface area contributed by atoms with Crippen molar-refractivity contribution < 1.29 is 43.4 Å². The van der Waals surface area contributed by atoms with Gasteiger partial charge in [-0.05, 0) is 101 Å². The highest BCUT2D eigenvalue weighted by atomic mass is 16.6. The van der Waals surface area contributed by atoms with Crippen LogP contribution >= 0.6 is 0 Å². The fraction of sp³-hybridized carbons (Fsp3) is 0.207. The second-order valence-electron chi connectivity index (χ2n) is 18.5. The first-order valence-corrected chi connectivity index (χ1v) is 24.3. The molecule has 0 saturated carbocycles. The van der Waals surface area contributed by atoms with E-state index in [9.17, 15) is 20.0 Å². The molecule has 1 aromatic heterocycles. The number of phenolic OH excluding ortho intramolecular Hbond substituents is 1. The summed E-state index contributed by atoms with van der Waals surface area (Å²) in [6, 6.07) is 40.9. The summed E-state index contributed by atoms with van der Waals surface area (Å²) in [5.41, 5.74) is 1.39. The van der Waals surface area contributed by atoms with Crippen LogP contribution in [0, 0.1) is 27.9 Å². The summed E-state index contributed by atoms with van der Waals surface area (Å²) < 4.78 is 17.9. The van der Waals surface area contributed by atoms with Gasteiger partial charge in [0.15, 0.2) is 0 Å². The molecule has 3 fully saturated rings. The van der Waals surface area contributed by atoms with E-state index in [0.717, 1.165) is 10.5 Å². The predicted molar refractivity (Wildman–Crippen MR) is 273 cm³/mol. The van der Waals surface area contributed by atoms with E-state index >= 15 is 14.4 Å². The fourth-order valence-corrected chi connectivity index (χ4v) is 11.1. The zero-order valence-electron chi connectivity index (χ0n) is 40.3. The molecule has 7 aromatic rings. The minimum atomic E-state index is -2.12. The highest BCUT2D eigenvalue weighted by molar-refractivity contribution is 6.23. The third kappa shape index (κ3) is 8.60. The van der Waals surface area contributed by atoms with E-state index in [1.54, 1.807) is 85.1 Å². The van der Waals surface area contributed by atoms with Crippen molar-refractivity contribution in [2.75, 3.05) is 43.1 Å². The Morgan fingerprint density at radius 1 is 0.760 bits per heavy atom. The van der Waals surface area contributed by atoms with Gasteiger partial charge in [-0.15, -0.1) is 0 Å². The standard InChI is InChI=1S/C58H47N7O10/c1-73-45-26-17-37(18-27-45)13-14-38-19-28-47-46(35-38)58(55(69)63(47)57(70)74-36-39-15-22-43(23-16-39)65(71)72)48(53(67)61-31-33-62(34-32-61)56-59-29-8-30-60-56)50-54(68)75-51(41-11-6-3-7-12-41)49(40-9-4-2-5-10-40)64(50)52(58)42-20-24-44(66)25-21-42/h2-12,15-30,35,48-52,66H,31-34,36H2,1H3/t48-,49-,50-,51+,52+,58-/m0/s1. The monoisotopic (exact) mass is 1000 g/mol. The molecule has 75 heavy (non-hydrogen) atoms. The molecule has 6 aromatic carbocycles. The number of rotatable bonds is 9. The average molecular weight is 1000 g/mol. The van der Waals surface area contributed by atoms with Crippen LogP contribution in [0.4, 0.5) is 22.1 Å². The summed E-state index contributed by atoms with van der Waals surface area (Å²) in [5.74, 6) is 3.81. The van der Waals surface area contributed by atoms with Crippen molar-refractivity contribution in [2.24, 2.45) is 5.92 Å². The van der Waals surface area contributed by atoms with Crippen LogP contribution < -0.4 is 14.5 Å². The molecule has 17 nitrogen and oxygen atoms in total. The second kappa shape index (κ2) is 19.9. The fourth-order valence-electron chi connectivity index (χ4n) is 11.1. The molecule has 4 aliphatic rings. The normalized spacial score (nSPS) is 21.9. The Morgan fingerprint density at radius 2 is 1.40 bits per heavy atom. The minimum absolute atomic E-state index is 0.0687. The van der Waals surface area contributed by atoms with E-state index in [1.807, 2.05) is 70.5 Å². The smallest absolute Gasteiger partial charge is 0.421 e. The number of nitro benzene ring substituents is 1. The Labute approximate surface area is 430 Å². The van der Waals surface area contributed by atoms with Crippen molar-refractivity contribution in [1.29, 1.82) is 0 Å². The number of morpholine rings is 1. The third-order valence-corrected chi connectivity index (χ3v) is 14.5. The zero-order valence-corrected chi connectivity index (χ0v) is 40.3. The first-order valence-electron chi connectivity index (χ1n) is 24.3. The van der Waals surface area contributed by atoms with Crippen LogP contribution in [0.2, 0.25) is 0 Å². The van der Waals surface area contributed by atoms with Crippen LogP contribution in [-0.4, -0.2) is 93.0 Å². The van der Waals surface area contributed by atoms with Crippen LogP contribution in [0.25, 0.3) is 0 Å². The SMILES string of the molecule is COc1ccc(C#Cc2ccc3c(c2)[C@]2(C(=O)N3C(=O)OCc3ccc([N+](=O)[O-])cc3)[C@H](C(=O)N3CCN(c4ncccn4)CC3)[C@H]3C(=O)O[C@H](c4ccccc4)[C@H](c4ccccc4)N3[C@@H]2c2ccc(O)cc2)cc1. The molecular formula is C58H47N7O10. The number of hydrogen-bond acceptors (Lipinski definition) is 14. The largest absolute Gasteiger partial charge is 0.508 e. The molecule has 4 aliphatic heterocycles. The van der Waals surface area contributed by atoms with E-state index in [4.69, 9.17) is 14.2 Å². The number of nitrogens with zero attached hydrogens (tertiary/aromatic N) is 7. The molecule has 1 N–H and O–H groups in total. The number of amides is 3. The number of aromatic hydroxyl groups is 1. The molecular weight excluding hydrogens is 955 g/mol. The van der Waals surface area contributed by atoms with Crippen molar-refractivity contribution in [2.45, 2.75) is 36.3 Å². The number of carbonyl (C=O) groups excluding carboxylic acids is 4. The lowest BCUT2D eigenvalue weighted by Gasteiger charge is -2.46. The highest BCUT2D eigenvalue weighted by Gasteiger charge is 2.76. The maximum absolute atomic E-state index is 16.7. The minimum Gasteiger partial charge on any atom is -0.508 e. The molecule has 3 saturated heterocycles. The number of cyclic esters (lactones) is 1. The van der Waals surface area contributed by atoms with E-state index in [2.05, 4.69) is 21.8 Å². The lowest BCUT2D eigenvalue weighted by Crippen LogP contribution is -2.59. The first-order chi connectivity index (χ1) is 36.5.